The molecule has 1 rings (SSSR count). The molecule has 0 radical (unpaired) electrons. The Labute approximate surface area is 73.1 Å². The monoisotopic (exact) mass is 188 g/mol. The molecule has 0 atom stereocenters. The molecule has 0 N–H and O–H groups in total. The summed E-state index contributed by atoms with van der Waals surface area (Å²) in [5.41, 5.74) is -0.310. The minimum absolute atomic E-state index is 0.227. The van der Waals surface area contributed by atoms with Gasteiger partial charge in [0.15, 0.2) is 0 Å². The maximum Gasteiger partial charge on any atom is 0.433 e. The summed E-state index contributed by atoms with van der Waals surface area (Å²) in [4.78, 5) is 6.87. The molecule has 13 heavy (non-hydrogen) atoms. The van der Waals surface area contributed by atoms with Crippen LogP contribution in [0, 0.1) is 6.92 Å². The van der Waals surface area contributed by atoms with Crippen LogP contribution in [0.15, 0.2) is 17.1 Å². The molecule has 0 fully saturated rings. The largest absolute Gasteiger partial charge is 0.433 e. The third-order valence-electron chi connectivity index (χ3n) is 1.52. The number of aliphatic imine (C=N–C) groups is 1. The van der Waals surface area contributed by atoms with Crippen LogP contribution in [0.1, 0.15) is 11.4 Å². The predicted molar refractivity (Wildman–Crippen MR) is 43.2 cm³/mol. The maximum absolute atomic E-state index is 12.1. The molecule has 0 unspecified atom stereocenters. The van der Waals surface area contributed by atoms with Crippen LogP contribution in [0.25, 0.3) is 0 Å². The molecule has 0 aliphatic carbocycles. The second-order valence-electron chi connectivity index (χ2n) is 2.46. The van der Waals surface area contributed by atoms with Gasteiger partial charge >= 0.3 is 6.18 Å². The van der Waals surface area contributed by atoms with Gasteiger partial charge in [-0.05, 0) is 25.8 Å². The molecule has 5 heteroatoms. The van der Waals surface area contributed by atoms with Gasteiger partial charge in [-0.25, -0.2) is 4.98 Å². The van der Waals surface area contributed by atoms with Gasteiger partial charge in [0, 0.05) is 0 Å². The fourth-order valence-corrected chi connectivity index (χ4v) is 0.879. The molecule has 0 aromatic carbocycles. The lowest BCUT2D eigenvalue weighted by Crippen LogP contribution is -2.08. The number of alkyl halides is 3. The van der Waals surface area contributed by atoms with Crippen LogP contribution in [-0.2, 0) is 6.18 Å². The molecular formula is C8H7F3N2. The maximum atomic E-state index is 12.1. The summed E-state index contributed by atoms with van der Waals surface area (Å²) in [7, 11) is 0. The first kappa shape index (κ1) is 9.70. The van der Waals surface area contributed by atoms with Gasteiger partial charge in [-0.2, -0.15) is 13.2 Å². The standard InChI is InChI=1S/C8H7F3N2/c1-5-6(12-2)3-4-7(13-5)8(9,10)11/h3-4H,2H2,1H3. The number of nitrogens with zero attached hydrogens (tertiary/aromatic N) is 2. The summed E-state index contributed by atoms with van der Waals surface area (Å²) in [5.74, 6) is 0. The van der Waals surface area contributed by atoms with Crippen molar-refractivity contribution < 1.29 is 13.2 Å². The zero-order valence-corrected chi connectivity index (χ0v) is 6.89. The van der Waals surface area contributed by atoms with Crippen molar-refractivity contribution in [2.45, 2.75) is 13.1 Å². The summed E-state index contributed by atoms with van der Waals surface area (Å²) in [6.45, 7) is 4.67. The average Bonchev–Trinajstić information content (AvgIpc) is 2.02. The normalized spacial score (nSPS) is 11.4. The molecule has 0 bridgehead atoms. The quantitative estimate of drug-likeness (QED) is 0.622. The fraction of sp³-hybridized carbons (Fsp3) is 0.250. The highest BCUT2D eigenvalue weighted by molar-refractivity contribution is 5.48. The van der Waals surface area contributed by atoms with Crippen LogP contribution in [0.2, 0.25) is 0 Å². The van der Waals surface area contributed by atoms with E-state index in [1.54, 1.807) is 0 Å². The molecule has 1 aromatic heterocycles. The number of aromatic nitrogens is 1. The highest BCUT2D eigenvalue weighted by Crippen LogP contribution is 2.29. The highest BCUT2D eigenvalue weighted by atomic mass is 19.4. The summed E-state index contributed by atoms with van der Waals surface area (Å²) in [6, 6.07) is 2.13. The number of hydrogen-bond donors (Lipinski definition) is 0. The van der Waals surface area contributed by atoms with Crippen LogP contribution in [-0.4, -0.2) is 11.7 Å². The molecule has 0 aliphatic rings. The molecule has 0 spiro atoms. The molecule has 0 amide bonds. The van der Waals surface area contributed by atoms with E-state index >= 15 is 0 Å². The SMILES string of the molecule is C=Nc1ccc(C(F)(F)F)nc1C. The van der Waals surface area contributed by atoms with E-state index < -0.39 is 11.9 Å². The highest BCUT2D eigenvalue weighted by Gasteiger charge is 2.32. The lowest BCUT2D eigenvalue weighted by Gasteiger charge is -2.06. The average molecular weight is 188 g/mol. The van der Waals surface area contributed by atoms with Crippen LogP contribution in [0.5, 0.6) is 0 Å². The van der Waals surface area contributed by atoms with Gasteiger partial charge in [0.25, 0.3) is 0 Å². The third-order valence-corrected chi connectivity index (χ3v) is 1.52. The first-order chi connectivity index (χ1) is 5.95. The Morgan fingerprint density at radius 2 is 2.00 bits per heavy atom. The molecule has 0 saturated heterocycles. The predicted octanol–water partition coefficient (Wildman–Crippen LogP) is 2.74. The topological polar surface area (TPSA) is 25.2 Å². The zero-order chi connectivity index (χ0) is 10.1. The Morgan fingerprint density at radius 3 is 2.38 bits per heavy atom. The molecular weight excluding hydrogens is 181 g/mol. The second-order valence-corrected chi connectivity index (χ2v) is 2.46. The summed E-state index contributed by atoms with van der Waals surface area (Å²) < 4.78 is 36.3. The lowest BCUT2D eigenvalue weighted by atomic mass is 10.2. The summed E-state index contributed by atoms with van der Waals surface area (Å²) >= 11 is 0. The molecule has 2 nitrogen and oxygen atoms in total. The van der Waals surface area contributed by atoms with E-state index in [4.69, 9.17) is 0 Å². The Bertz CT molecular complexity index is 331. The Hall–Kier alpha value is -1.39. The minimum atomic E-state index is -4.40. The van der Waals surface area contributed by atoms with Crippen LogP contribution >= 0.6 is 0 Å². The number of aryl methyl sites for hydroxylation is 1. The third kappa shape index (κ3) is 2.05. The van der Waals surface area contributed by atoms with Gasteiger partial charge in [0.05, 0.1) is 11.4 Å². The number of rotatable bonds is 1. The molecule has 0 aliphatic heterocycles. The molecule has 1 heterocycles. The van der Waals surface area contributed by atoms with E-state index in [-0.39, 0.29) is 5.69 Å². The number of pyridine rings is 1. The summed E-state index contributed by atoms with van der Waals surface area (Å²) in [6.07, 6.45) is -4.40. The van der Waals surface area contributed by atoms with Crippen molar-refractivity contribution >= 4 is 12.4 Å². The molecule has 1 aromatic rings. The number of hydrogen-bond acceptors (Lipinski definition) is 2. The first-order valence-corrected chi connectivity index (χ1v) is 3.46. The van der Waals surface area contributed by atoms with E-state index in [1.807, 2.05) is 0 Å². The van der Waals surface area contributed by atoms with E-state index in [2.05, 4.69) is 16.7 Å². The van der Waals surface area contributed by atoms with Crippen molar-refractivity contribution in [1.29, 1.82) is 0 Å². The lowest BCUT2D eigenvalue weighted by molar-refractivity contribution is -0.141. The van der Waals surface area contributed by atoms with Gasteiger partial charge in [0.2, 0.25) is 0 Å². The van der Waals surface area contributed by atoms with Crippen molar-refractivity contribution in [1.82, 2.24) is 4.98 Å². The van der Waals surface area contributed by atoms with Crippen LogP contribution in [0.3, 0.4) is 0 Å². The Morgan fingerprint density at radius 1 is 1.38 bits per heavy atom. The van der Waals surface area contributed by atoms with E-state index in [1.165, 1.54) is 13.0 Å². The molecule has 0 saturated carbocycles. The van der Waals surface area contributed by atoms with E-state index in [0.29, 0.717) is 5.69 Å². The van der Waals surface area contributed by atoms with Crippen molar-refractivity contribution in [2.24, 2.45) is 4.99 Å². The fourth-order valence-electron chi connectivity index (χ4n) is 0.879. The first-order valence-electron chi connectivity index (χ1n) is 3.46. The Balaban J connectivity index is 3.17. The van der Waals surface area contributed by atoms with Crippen molar-refractivity contribution in [2.75, 3.05) is 0 Å². The van der Waals surface area contributed by atoms with Crippen molar-refractivity contribution in [3.8, 4) is 0 Å². The second kappa shape index (κ2) is 3.16. The smallest absolute Gasteiger partial charge is 0.263 e. The van der Waals surface area contributed by atoms with Crippen LogP contribution in [0.4, 0.5) is 18.9 Å². The molecule has 70 valence electrons. The van der Waals surface area contributed by atoms with Gasteiger partial charge in [-0.15, -0.1) is 0 Å². The van der Waals surface area contributed by atoms with Gasteiger partial charge in [-0.1, -0.05) is 0 Å². The van der Waals surface area contributed by atoms with E-state index in [0.717, 1.165) is 6.07 Å². The van der Waals surface area contributed by atoms with E-state index in [9.17, 15) is 13.2 Å². The zero-order valence-electron chi connectivity index (χ0n) is 6.89. The summed E-state index contributed by atoms with van der Waals surface area (Å²) in [5, 5.41) is 0. The van der Waals surface area contributed by atoms with Gasteiger partial charge in [-0.3, -0.25) is 4.99 Å². The number of halogens is 3. The van der Waals surface area contributed by atoms with Gasteiger partial charge in [0.1, 0.15) is 5.69 Å². The van der Waals surface area contributed by atoms with Crippen molar-refractivity contribution in [3.05, 3.63) is 23.5 Å². The minimum Gasteiger partial charge on any atom is -0.263 e. The van der Waals surface area contributed by atoms with Crippen LogP contribution < -0.4 is 0 Å². The van der Waals surface area contributed by atoms with Crippen molar-refractivity contribution in [3.63, 3.8) is 0 Å². The Kier molecular flexibility index (Phi) is 2.36. The van der Waals surface area contributed by atoms with Gasteiger partial charge < -0.3 is 0 Å².